The number of fused-ring (bicyclic) bond motifs is 1. The lowest BCUT2D eigenvalue weighted by Gasteiger charge is -2.18. The van der Waals surface area contributed by atoms with Gasteiger partial charge in [-0.05, 0) is 26.1 Å². The first-order valence-corrected chi connectivity index (χ1v) is 6.29. The van der Waals surface area contributed by atoms with Crippen LogP contribution in [0.4, 0.5) is 0 Å². The molecule has 19 heavy (non-hydrogen) atoms. The molecule has 0 amide bonds. The van der Waals surface area contributed by atoms with E-state index in [1.807, 2.05) is 31.3 Å². The van der Waals surface area contributed by atoms with Crippen LogP contribution < -0.4 is 10.9 Å². The summed E-state index contributed by atoms with van der Waals surface area (Å²) in [5.41, 5.74) is 2.17. The Kier molecular flexibility index (Phi) is 4.29. The molecular formula is C14H19N3O2. The predicted molar refractivity (Wildman–Crippen MR) is 75.5 cm³/mol. The Hall–Kier alpha value is -1.72. The van der Waals surface area contributed by atoms with Crippen molar-refractivity contribution in [3.05, 3.63) is 40.3 Å². The van der Waals surface area contributed by atoms with Gasteiger partial charge in [-0.1, -0.05) is 12.1 Å². The zero-order valence-corrected chi connectivity index (χ0v) is 11.5. The first-order chi connectivity index (χ1) is 9.17. The maximum atomic E-state index is 12.3. The zero-order chi connectivity index (χ0) is 13.8. The fourth-order valence-electron chi connectivity index (χ4n) is 2.15. The minimum absolute atomic E-state index is 0.0462. The van der Waals surface area contributed by atoms with E-state index >= 15 is 0 Å². The van der Waals surface area contributed by atoms with Gasteiger partial charge in [-0.2, -0.15) is 0 Å². The first kappa shape index (κ1) is 13.7. The summed E-state index contributed by atoms with van der Waals surface area (Å²) in [6.07, 6.45) is 0. The van der Waals surface area contributed by atoms with E-state index in [1.165, 1.54) is 0 Å². The molecule has 0 saturated heterocycles. The molecule has 0 fully saturated rings. The largest absolute Gasteiger partial charge is 0.383 e. The number of aryl methyl sites for hydroxylation is 1. The van der Waals surface area contributed by atoms with Crippen LogP contribution in [-0.4, -0.2) is 36.4 Å². The van der Waals surface area contributed by atoms with Gasteiger partial charge in [-0.3, -0.25) is 4.79 Å². The Bertz CT molecular complexity index is 622. The number of likely N-dealkylation sites (N-methyl/N-ethyl adjacent to an activating group) is 1. The van der Waals surface area contributed by atoms with E-state index in [2.05, 4.69) is 10.3 Å². The average Bonchev–Trinajstić information content (AvgIpc) is 2.42. The summed E-state index contributed by atoms with van der Waals surface area (Å²) >= 11 is 0. The number of nitrogens with zero attached hydrogens (tertiary/aromatic N) is 2. The van der Waals surface area contributed by atoms with Gasteiger partial charge < -0.3 is 14.6 Å². The average molecular weight is 261 g/mol. The molecule has 1 aromatic carbocycles. The topological polar surface area (TPSA) is 56.1 Å². The highest BCUT2D eigenvalue weighted by Crippen LogP contribution is 2.10. The molecule has 5 nitrogen and oxygen atoms in total. The molecule has 0 aliphatic heterocycles. The molecule has 2 rings (SSSR count). The van der Waals surface area contributed by atoms with Gasteiger partial charge in [0.25, 0.3) is 5.56 Å². The van der Waals surface area contributed by atoms with E-state index in [1.54, 1.807) is 18.6 Å². The van der Waals surface area contributed by atoms with Crippen molar-refractivity contribution in [1.82, 2.24) is 14.9 Å². The quantitative estimate of drug-likeness (QED) is 0.870. The molecule has 0 bridgehead atoms. The molecule has 0 saturated carbocycles. The third kappa shape index (κ3) is 2.83. The predicted octanol–water partition coefficient (Wildman–Crippen LogP) is 0.939. The highest BCUT2D eigenvalue weighted by molar-refractivity contribution is 5.74. The molecule has 1 aromatic heterocycles. The van der Waals surface area contributed by atoms with Crippen molar-refractivity contribution >= 4 is 11.0 Å². The van der Waals surface area contributed by atoms with Gasteiger partial charge in [-0.25, -0.2) is 4.98 Å². The minimum Gasteiger partial charge on any atom is -0.383 e. The lowest BCUT2D eigenvalue weighted by atomic mass is 10.2. The van der Waals surface area contributed by atoms with E-state index in [0.717, 1.165) is 11.0 Å². The Balaban J connectivity index is 2.51. The maximum Gasteiger partial charge on any atom is 0.272 e. The number of hydrogen-bond acceptors (Lipinski definition) is 4. The number of rotatable bonds is 5. The number of ether oxygens (including phenoxy) is 1. The van der Waals surface area contributed by atoms with Crippen LogP contribution in [0, 0.1) is 6.92 Å². The van der Waals surface area contributed by atoms with Crippen LogP contribution in [0.25, 0.3) is 11.0 Å². The number of nitrogens with one attached hydrogen (secondary N) is 1. The summed E-state index contributed by atoms with van der Waals surface area (Å²) in [5, 5.41) is 3.16. The SMILES string of the molecule is CNC(COC)Cn1c(=O)c(C)nc2ccccc21. The molecule has 102 valence electrons. The van der Waals surface area contributed by atoms with Crippen molar-refractivity contribution in [3.8, 4) is 0 Å². The van der Waals surface area contributed by atoms with Crippen LogP contribution in [0.1, 0.15) is 5.69 Å². The summed E-state index contributed by atoms with van der Waals surface area (Å²) in [5.74, 6) is 0. The molecule has 1 N–H and O–H groups in total. The van der Waals surface area contributed by atoms with Gasteiger partial charge in [0.2, 0.25) is 0 Å². The first-order valence-electron chi connectivity index (χ1n) is 6.29. The van der Waals surface area contributed by atoms with Crippen molar-refractivity contribution < 1.29 is 4.74 Å². The summed E-state index contributed by atoms with van der Waals surface area (Å²) < 4.78 is 6.92. The monoisotopic (exact) mass is 261 g/mol. The van der Waals surface area contributed by atoms with E-state index in [9.17, 15) is 4.79 Å². The Labute approximate surface area is 112 Å². The molecule has 1 atom stereocenters. The molecule has 0 spiro atoms. The summed E-state index contributed by atoms with van der Waals surface area (Å²) in [4.78, 5) is 16.6. The third-order valence-corrected chi connectivity index (χ3v) is 3.19. The summed E-state index contributed by atoms with van der Waals surface area (Å²) in [6.45, 7) is 2.86. The van der Waals surface area contributed by atoms with Crippen molar-refractivity contribution in [2.75, 3.05) is 20.8 Å². The molecule has 2 aromatic rings. The fraction of sp³-hybridized carbons (Fsp3) is 0.429. The van der Waals surface area contributed by atoms with Gasteiger partial charge >= 0.3 is 0 Å². The number of hydrogen-bond donors (Lipinski definition) is 1. The van der Waals surface area contributed by atoms with Crippen molar-refractivity contribution in [3.63, 3.8) is 0 Å². The number of benzene rings is 1. The Morgan fingerprint density at radius 1 is 1.42 bits per heavy atom. The van der Waals surface area contributed by atoms with E-state index in [4.69, 9.17) is 4.74 Å². The van der Waals surface area contributed by atoms with Gasteiger partial charge in [0.15, 0.2) is 0 Å². The second-order valence-electron chi connectivity index (χ2n) is 4.54. The second kappa shape index (κ2) is 5.95. The smallest absolute Gasteiger partial charge is 0.272 e. The lowest BCUT2D eigenvalue weighted by Crippen LogP contribution is -2.38. The zero-order valence-electron chi connectivity index (χ0n) is 11.5. The molecule has 0 aliphatic rings. The third-order valence-electron chi connectivity index (χ3n) is 3.19. The number of aromatic nitrogens is 2. The molecule has 0 aliphatic carbocycles. The standard InChI is InChI=1S/C14H19N3O2/c1-10-14(18)17(8-11(15-2)9-19-3)13-7-5-4-6-12(13)16-10/h4-7,11,15H,8-9H2,1-3H3. The van der Waals surface area contributed by atoms with E-state index in [-0.39, 0.29) is 11.6 Å². The van der Waals surface area contributed by atoms with Crippen LogP contribution in [0.5, 0.6) is 0 Å². The van der Waals surface area contributed by atoms with Crippen molar-refractivity contribution in [2.24, 2.45) is 0 Å². The van der Waals surface area contributed by atoms with Gasteiger partial charge in [0.1, 0.15) is 5.69 Å². The highest BCUT2D eigenvalue weighted by Gasteiger charge is 2.12. The second-order valence-corrected chi connectivity index (χ2v) is 4.54. The summed E-state index contributed by atoms with van der Waals surface area (Å²) in [7, 11) is 3.52. The van der Waals surface area contributed by atoms with Crippen LogP contribution in [0.2, 0.25) is 0 Å². The van der Waals surface area contributed by atoms with E-state index in [0.29, 0.717) is 18.8 Å². The van der Waals surface area contributed by atoms with Gasteiger partial charge in [0.05, 0.1) is 17.6 Å². The minimum atomic E-state index is -0.0462. The van der Waals surface area contributed by atoms with Crippen molar-refractivity contribution in [1.29, 1.82) is 0 Å². The Morgan fingerprint density at radius 3 is 2.84 bits per heavy atom. The van der Waals surface area contributed by atoms with Crippen LogP contribution >= 0.6 is 0 Å². The molecular weight excluding hydrogens is 242 g/mol. The maximum absolute atomic E-state index is 12.3. The van der Waals surface area contributed by atoms with E-state index < -0.39 is 0 Å². The fourth-order valence-corrected chi connectivity index (χ4v) is 2.15. The number of methoxy groups -OCH3 is 1. The molecule has 5 heteroatoms. The summed E-state index contributed by atoms with van der Waals surface area (Å²) in [6, 6.07) is 7.77. The number of para-hydroxylation sites is 2. The lowest BCUT2D eigenvalue weighted by molar-refractivity contribution is 0.162. The molecule has 1 heterocycles. The van der Waals surface area contributed by atoms with Gasteiger partial charge in [0, 0.05) is 19.7 Å². The van der Waals surface area contributed by atoms with Gasteiger partial charge in [-0.15, -0.1) is 0 Å². The normalized spacial score (nSPS) is 12.8. The molecule has 0 radical (unpaired) electrons. The molecule has 1 unspecified atom stereocenters. The van der Waals surface area contributed by atoms with Crippen LogP contribution in [0.15, 0.2) is 29.1 Å². The Morgan fingerprint density at radius 2 is 2.16 bits per heavy atom. The van der Waals surface area contributed by atoms with Crippen LogP contribution in [0.3, 0.4) is 0 Å². The highest BCUT2D eigenvalue weighted by atomic mass is 16.5. The van der Waals surface area contributed by atoms with Crippen LogP contribution in [-0.2, 0) is 11.3 Å². The van der Waals surface area contributed by atoms with Crippen molar-refractivity contribution in [2.45, 2.75) is 19.5 Å².